The first kappa shape index (κ1) is 25.6. The maximum Gasteiger partial charge on any atom is 0.226 e. The van der Waals surface area contributed by atoms with E-state index in [1.165, 1.54) is 6.07 Å². The number of para-hydroxylation sites is 2. The van der Waals surface area contributed by atoms with Gasteiger partial charge in [0.1, 0.15) is 5.82 Å². The molecule has 8 heteroatoms. The van der Waals surface area contributed by atoms with Gasteiger partial charge in [0.2, 0.25) is 5.91 Å². The third-order valence-electron chi connectivity index (χ3n) is 7.08. The number of aryl methyl sites for hydroxylation is 2. The Hall–Kier alpha value is -4.04. The van der Waals surface area contributed by atoms with Gasteiger partial charge in [-0.3, -0.25) is 9.78 Å². The van der Waals surface area contributed by atoms with Crippen LogP contribution in [0.3, 0.4) is 0 Å². The first-order chi connectivity index (χ1) is 18.3. The van der Waals surface area contributed by atoms with E-state index >= 15 is 0 Å². The molecule has 4 aromatic rings. The van der Waals surface area contributed by atoms with Crippen LogP contribution in [0.4, 0.5) is 10.1 Å². The van der Waals surface area contributed by atoms with E-state index in [1.54, 1.807) is 18.3 Å². The Bertz CT molecular complexity index is 1490. The summed E-state index contributed by atoms with van der Waals surface area (Å²) < 4.78 is 16.7. The average molecular weight is 528 g/mol. The van der Waals surface area contributed by atoms with Crippen molar-refractivity contribution < 1.29 is 9.18 Å². The number of carbonyl (C=O) groups excluding carboxylic acids is 1. The second-order valence-corrected chi connectivity index (χ2v) is 9.93. The number of thiocarbonyl (C=S) groups is 1. The van der Waals surface area contributed by atoms with Gasteiger partial charge in [-0.05, 0) is 80.5 Å². The van der Waals surface area contributed by atoms with Crippen molar-refractivity contribution in [2.75, 3.05) is 11.9 Å². The van der Waals surface area contributed by atoms with E-state index in [0.717, 1.165) is 33.9 Å². The Balaban J connectivity index is 1.48. The molecule has 1 saturated heterocycles. The van der Waals surface area contributed by atoms with Crippen molar-refractivity contribution >= 4 is 28.9 Å². The van der Waals surface area contributed by atoms with Gasteiger partial charge in [-0.15, -0.1) is 0 Å². The molecule has 0 aliphatic carbocycles. The zero-order valence-electron chi connectivity index (χ0n) is 21.6. The van der Waals surface area contributed by atoms with Gasteiger partial charge >= 0.3 is 0 Å². The molecule has 0 spiro atoms. The first-order valence-corrected chi connectivity index (χ1v) is 13.0. The monoisotopic (exact) mass is 527 g/mol. The zero-order valence-corrected chi connectivity index (χ0v) is 22.4. The maximum atomic E-state index is 14.8. The van der Waals surface area contributed by atoms with Gasteiger partial charge in [0, 0.05) is 36.2 Å². The van der Waals surface area contributed by atoms with Crippen molar-refractivity contribution in [2.45, 2.75) is 39.3 Å². The minimum Gasteiger partial charge on any atom is -0.352 e. The Morgan fingerprint density at radius 3 is 2.53 bits per heavy atom. The molecule has 1 aliphatic heterocycles. The van der Waals surface area contributed by atoms with Crippen molar-refractivity contribution in [3.63, 3.8) is 0 Å². The summed E-state index contributed by atoms with van der Waals surface area (Å²) in [7, 11) is 0. The number of carbonyl (C=O) groups is 1. The van der Waals surface area contributed by atoms with Crippen LogP contribution >= 0.6 is 12.2 Å². The number of halogens is 1. The van der Waals surface area contributed by atoms with E-state index in [-0.39, 0.29) is 30.2 Å². The minimum atomic E-state index is -0.285. The molecule has 38 heavy (non-hydrogen) atoms. The fraction of sp³-hybridized carbons (Fsp3) is 0.233. The van der Waals surface area contributed by atoms with Crippen molar-refractivity contribution in [3.8, 4) is 5.69 Å². The number of hydrogen-bond acceptors (Lipinski definition) is 3. The molecular formula is C30H30FN5OS. The number of nitrogens with one attached hydrogen (secondary N) is 2. The number of pyridine rings is 1. The number of hydrogen-bond donors (Lipinski definition) is 2. The lowest BCUT2D eigenvalue weighted by Crippen LogP contribution is -2.33. The smallest absolute Gasteiger partial charge is 0.226 e. The highest BCUT2D eigenvalue weighted by molar-refractivity contribution is 7.80. The van der Waals surface area contributed by atoms with E-state index < -0.39 is 0 Å². The highest BCUT2D eigenvalue weighted by atomic mass is 32.1. The predicted molar refractivity (Wildman–Crippen MR) is 152 cm³/mol. The number of benzene rings is 2. The summed E-state index contributed by atoms with van der Waals surface area (Å²) in [6, 6.07) is 21.9. The molecule has 0 saturated carbocycles. The summed E-state index contributed by atoms with van der Waals surface area (Å²) in [6.45, 7) is 6.35. The van der Waals surface area contributed by atoms with Gasteiger partial charge in [0.25, 0.3) is 0 Å². The summed E-state index contributed by atoms with van der Waals surface area (Å²) in [6.07, 6.45) is 2.02. The molecule has 2 atom stereocenters. The Morgan fingerprint density at radius 1 is 1.05 bits per heavy atom. The number of rotatable bonds is 7. The summed E-state index contributed by atoms with van der Waals surface area (Å²) in [5, 5.41) is 7.01. The lowest BCUT2D eigenvalue weighted by Gasteiger charge is -2.28. The summed E-state index contributed by atoms with van der Waals surface area (Å²) in [4.78, 5) is 19.6. The van der Waals surface area contributed by atoms with Crippen LogP contribution in [-0.4, -0.2) is 32.0 Å². The number of amides is 1. The van der Waals surface area contributed by atoms with Crippen LogP contribution in [0.25, 0.3) is 5.69 Å². The van der Waals surface area contributed by atoms with Crippen LogP contribution < -0.4 is 10.6 Å². The number of anilines is 1. The lowest BCUT2D eigenvalue weighted by molar-refractivity contribution is -0.116. The molecule has 0 unspecified atom stereocenters. The van der Waals surface area contributed by atoms with E-state index in [1.807, 2.05) is 73.9 Å². The summed E-state index contributed by atoms with van der Waals surface area (Å²) in [5.74, 6) is -0.370. The quantitative estimate of drug-likeness (QED) is 0.292. The molecule has 5 rings (SSSR count). The molecule has 0 radical (unpaired) electrons. The van der Waals surface area contributed by atoms with Gasteiger partial charge in [-0.1, -0.05) is 36.4 Å². The van der Waals surface area contributed by atoms with Crippen molar-refractivity contribution in [2.24, 2.45) is 0 Å². The van der Waals surface area contributed by atoms with Gasteiger partial charge in [0.15, 0.2) is 5.11 Å². The maximum absolute atomic E-state index is 14.8. The highest BCUT2D eigenvalue weighted by Gasteiger charge is 2.41. The van der Waals surface area contributed by atoms with Crippen LogP contribution in [-0.2, 0) is 4.79 Å². The molecule has 3 heterocycles. The van der Waals surface area contributed by atoms with E-state index in [0.29, 0.717) is 17.3 Å². The SMILES string of the molecule is Cc1ccccc1NC(=O)CCN1C(=S)N[C@H](c2ccccn2)[C@H]1c1cc(C)n(-c2ccccc2F)c1C. The normalized spacial score (nSPS) is 16.9. The fourth-order valence-electron chi connectivity index (χ4n) is 5.22. The van der Waals surface area contributed by atoms with E-state index in [4.69, 9.17) is 12.2 Å². The molecule has 2 aromatic carbocycles. The molecule has 6 nitrogen and oxygen atoms in total. The van der Waals surface area contributed by atoms with Crippen LogP contribution in [0.2, 0.25) is 0 Å². The molecule has 0 bridgehead atoms. The van der Waals surface area contributed by atoms with Crippen LogP contribution in [0.1, 0.15) is 46.7 Å². The van der Waals surface area contributed by atoms with Gasteiger partial charge in [-0.2, -0.15) is 0 Å². The Labute approximate surface area is 227 Å². The molecule has 1 aliphatic rings. The van der Waals surface area contributed by atoms with Gasteiger partial charge < -0.3 is 20.1 Å². The van der Waals surface area contributed by atoms with Crippen LogP contribution in [0, 0.1) is 26.6 Å². The number of nitrogens with zero attached hydrogens (tertiary/aromatic N) is 3. The Morgan fingerprint density at radius 2 is 1.79 bits per heavy atom. The summed E-state index contributed by atoms with van der Waals surface area (Å²) >= 11 is 5.78. The molecule has 194 valence electrons. The van der Waals surface area contributed by atoms with Crippen molar-refractivity contribution in [1.29, 1.82) is 0 Å². The first-order valence-electron chi connectivity index (χ1n) is 12.6. The van der Waals surface area contributed by atoms with Crippen LogP contribution in [0.5, 0.6) is 0 Å². The minimum absolute atomic E-state index is 0.0843. The second-order valence-electron chi connectivity index (χ2n) is 9.55. The predicted octanol–water partition coefficient (Wildman–Crippen LogP) is 5.94. The largest absolute Gasteiger partial charge is 0.352 e. The molecule has 1 amide bonds. The van der Waals surface area contributed by atoms with Gasteiger partial charge in [-0.25, -0.2) is 4.39 Å². The second kappa shape index (κ2) is 10.8. The average Bonchev–Trinajstić information content (AvgIpc) is 3.39. The molecule has 2 N–H and O–H groups in total. The zero-order chi connectivity index (χ0) is 26.8. The van der Waals surface area contributed by atoms with Crippen molar-refractivity contribution in [3.05, 3.63) is 113 Å². The highest BCUT2D eigenvalue weighted by Crippen LogP contribution is 2.41. The van der Waals surface area contributed by atoms with Crippen molar-refractivity contribution in [1.82, 2.24) is 19.8 Å². The molecule has 2 aromatic heterocycles. The number of aromatic nitrogens is 2. The van der Waals surface area contributed by atoms with Gasteiger partial charge in [0.05, 0.1) is 23.5 Å². The molecule has 1 fully saturated rings. The summed E-state index contributed by atoms with van der Waals surface area (Å²) in [5.41, 5.74) is 6.00. The molecular weight excluding hydrogens is 497 g/mol. The van der Waals surface area contributed by atoms with E-state index in [9.17, 15) is 9.18 Å². The van der Waals surface area contributed by atoms with Crippen LogP contribution in [0.15, 0.2) is 79.0 Å². The topological polar surface area (TPSA) is 62.2 Å². The Kier molecular flexibility index (Phi) is 7.24. The van der Waals surface area contributed by atoms with E-state index in [2.05, 4.69) is 26.6 Å². The third-order valence-corrected chi connectivity index (χ3v) is 7.43. The standard InChI is InChI=1S/C30H30FN5OS/c1-19-10-4-6-12-24(19)33-27(37)15-17-35-29(28(34-30(35)38)25-13-8-9-16-32-25)22-18-20(2)36(21(22)3)26-14-7-5-11-23(26)31/h4-14,16,18,28-29H,15,17H2,1-3H3,(H,33,37)(H,34,38)/t28-,29-/m1/s1. The fourth-order valence-corrected chi connectivity index (χ4v) is 5.56. The lowest BCUT2D eigenvalue weighted by atomic mass is 9.96. The third kappa shape index (κ3) is 4.91.